The highest BCUT2D eigenvalue weighted by molar-refractivity contribution is 5.43. The van der Waals surface area contributed by atoms with Crippen molar-refractivity contribution in [2.45, 2.75) is 25.8 Å². The van der Waals surface area contributed by atoms with Crippen molar-refractivity contribution in [3.8, 4) is 11.5 Å². The molecule has 5 nitrogen and oxygen atoms in total. The van der Waals surface area contributed by atoms with Gasteiger partial charge in [-0.05, 0) is 34.9 Å². The Morgan fingerprint density at radius 2 is 1.79 bits per heavy atom. The molecule has 0 spiro atoms. The molecule has 0 saturated heterocycles. The predicted octanol–water partition coefficient (Wildman–Crippen LogP) is 4.17. The smallest absolute Gasteiger partial charge is 0.422 e. The second-order valence-electron chi connectivity index (χ2n) is 6.46. The number of aromatic nitrogens is 2. The minimum absolute atomic E-state index is 0.0677. The van der Waals surface area contributed by atoms with E-state index in [-0.39, 0.29) is 11.5 Å². The molecule has 0 aliphatic carbocycles. The summed E-state index contributed by atoms with van der Waals surface area (Å²) in [4.78, 5) is 0. The van der Waals surface area contributed by atoms with Crippen LogP contribution in [-0.2, 0) is 19.6 Å². The van der Waals surface area contributed by atoms with Crippen molar-refractivity contribution < 1.29 is 22.6 Å². The lowest BCUT2D eigenvalue weighted by molar-refractivity contribution is -0.153. The number of ether oxygens (including phenoxy) is 2. The third-order valence-corrected chi connectivity index (χ3v) is 4.27. The maximum absolute atomic E-state index is 12.4. The molecule has 3 rings (SSSR count). The van der Waals surface area contributed by atoms with Crippen LogP contribution in [0.2, 0.25) is 0 Å². The fourth-order valence-electron chi connectivity index (χ4n) is 2.89. The molecule has 0 aliphatic heterocycles. The van der Waals surface area contributed by atoms with Crippen molar-refractivity contribution >= 4 is 0 Å². The van der Waals surface area contributed by atoms with Crippen LogP contribution in [0.5, 0.6) is 11.5 Å². The van der Waals surface area contributed by atoms with Gasteiger partial charge in [-0.25, -0.2) is 0 Å². The number of nitrogens with zero attached hydrogens (tertiary/aromatic N) is 2. The summed E-state index contributed by atoms with van der Waals surface area (Å²) in [6.07, 6.45) is -0.732. The van der Waals surface area contributed by atoms with Gasteiger partial charge in [0.1, 0.15) is 0 Å². The van der Waals surface area contributed by atoms with Gasteiger partial charge in [0.2, 0.25) is 0 Å². The Labute approximate surface area is 167 Å². The summed E-state index contributed by atoms with van der Waals surface area (Å²) in [5.41, 5.74) is 3.20. The van der Waals surface area contributed by atoms with Crippen LogP contribution in [0.15, 0.2) is 60.9 Å². The second-order valence-corrected chi connectivity index (χ2v) is 6.46. The highest BCUT2D eigenvalue weighted by atomic mass is 19.4. The molecule has 0 saturated carbocycles. The summed E-state index contributed by atoms with van der Waals surface area (Å²) >= 11 is 0. The average Bonchev–Trinajstić information content (AvgIpc) is 3.20. The van der Waals surface area contributed by atoms with Gasteiger partial charge in [-0.3, -0.25) is 4.68 Å². The number of hydrogen-bond donors (Lipinski definition) is 1. The molecule has 1 aromatic heterocycles. The largest absolute Gasteiger partial charge is 0.493 e. The highest BCUT2D eigenvalue weighted by Crippen LogP contribution is 2.29. The van der Waals surface area contributed by atoms with Gasteiger partial charge in [0, 0.05) is 25.5 Å². The van der Waals surface area contributed by atoms with Crippen LogP contribution in [0, 0.1) is 0 Å². The minimum atomic E-state index is -4.39. The molecular weight excluding hydrogens is 383 g/mol. The van der Waals surface area contributed by atoms with Crippen LogP contribution in [0.1, 0.15) is 16.7 Å². The molecular formula is C21H22F3N3O2. The van der Waals surface area contributed by atoms with E-state index in [1.807, 2.05) is 29.1 Å². The van der Waals surface area contributed by atoms with Crippen LogP contribution in [0.3, 0.4) is 0 Å². The van der Waals surface area contributed by atoms with Gasteiger partial charge < -0.3 is 14.8 Å². The zero-order valence-corrected chi connectivity index (χ0v) is 15.9. The second kappa shape index (κ2) is 9.47. The number of rotatable bonds is 9. The summed E-state index contributed by atoms with van der Waals surface area (Å²) in [5, 5.41) is 7.60. The highest BCUT2D eigenvalue weighted by Gasteiger charge is 2.29. The molecule has 0 radical (unpaired) electrons. The SMILES string of the molecule is COc1cc(CNCc2ccccc2Cn2cccn2)ccc1OCC(F)(F)F. The Morgan fingerprint density at radius 1 is 1.00 bits per heavy atom. The van der Waals surface area contributed by atoms with E-state index in [0.29, 0.717) is 19.6 Å². The first-order chi connectivity index (χ1) is 13.9. The molecule has 0 amide bonds. The zero-order chi connectivity index (χ0) is 20.7. The Balaban J connectivity index is 1.59. The monoisotopic (exact) mass is 405 g/mol. The molecule has 2 aromatic carbocycles. The van der Waals surface area contributed by atoms with E-state index in [0.717, 1.165) is 16.7 Å². The van der Waals surface area contributed by atoms with Gasteiger partial charge in [0.25, 0.3) is 0 Å². The van der Waals surface area contributed by atoms with Crippen molar-refractivity contribution in [3.63, 3.8) is 0 Å². The van der Waals surface area contributed by atoms with Crippen LogP contribution in [0.4, 0.5) is 13.2 Å². The number of methoxy groups -OCH3 is 1. The summed E-state index contributed by atoms with van der Waals surface area (Å²) in [6.45, 7) is 0.510. The van der Waals surface area contributed by atoms with Crippen molar-refractivity contribution in [3.05, 3.63) is 77.6 Å². The molecule has 8 heteroatoms. The maximum Gasteiger partial charge on any atom is 0.422 e. The lowest BCUT2D eigenvalue weighted by atomic mass is 10.1. The fourth-order valence-corrected chi connectivity index (χ4v) is 2.89. The van der Waals surface area contributed by atoms with Crippen LogP contribution in [0.25, 0.3) is 0 Å². The number of alkyl halides is 3. The lowest BCUT2D eigenvalue weighted by Crippen LogP contribution is -2.19. The Bertz CT molecular complexity index is 912. The van der Waals surface area contributed by atoms with Gasteiger partial charge >= 0.3 is 6.18 Å². The molecule has 0 bridgehead atoms. The first kappa shape index (κ1) is 20.7. The van der Waals surface area contributed by atoms with Gasteiger partial charge in [-0.15, -0.1) is 0 Å². The summed E-state index contributed by atoms with van der Waals surface area (Å²) in [5.74, 6) is 0.339. The van der Waals surface area contributed by atoms with Gasteiger partial charge in [-0.2, -0.15) is 18.3 Å². The van der Waals surface area contributed by atoms with Crippen LogP contribution >= 0.6 is 0 Å². The summed E-state index contributed by atoms with van der Waals surface area (Å²) in [6, 6.07) is 14.9. The number of nitrogens with one attached hydrogen (secondary N) is 1. The molecule has 1 heterocycles. The standard InChI is InChI=1S/C21H22F3N3O2/c1-28-20-11-16(7-8-19(20)29-15-21(22,23)24)12-25-13-17-5-2-3-6-18(17)14-27-10-4-9-26-27/h2-11,25H,12-15H2,1H3. The zero-order valence-electron chi connectivity index (χ0n) is 15.9. The Morgan fingerprint density at radius 3 is 2.48 bits per heavy atom. The number of halogens is 3. The Kier molecular flexibility index (Phi) is 6.77. The Hall–Kier alpha value is -3.00. The summed E-state index contributed by atoms with van der Waals surface area (Å²) < 4.78 is 48.9. The van der Waals surface area contributed by atoms with Gasteiger partial charge in [0.05, 0.1) is 13.7 Å². The van der Waals surface area contributed by atoms with E-state index >= 15 is 0 Å². The molecule has 0 fully saturated rings. The fraction of sp³-hybridized carbons (Fsp3) is 0.286. The van der Waals surface area contributed by atoms with Crippen molar-refractivity contribution in [1.82, 2.24) is 15.1 Å². The predicted molar refractivity (Wildman–Crippen MR) is 103 cm³/mol. The molecule has 3 aromatic rings. The molecule has 29 heavy (non-hydrogen) atoms. The van der Waals surface area contributed by atoms with Crippen LogP contribution in [-0.4, -0.2) is 29.7 Å². The maximum atomic E-state index is 12.4. The average molecular weight is 405 g/mol. The third kappa shape index (κ3) is 6.25. The lowest BCUT2D eigenvalue weighted by Gasteiger charge is -2.14. The topological polar surface area (TPSA) is 48.3 Å². The van der Waals surface area contributed by atoms with Gasteiger partial charge in [0.15, 0.2) is 18.1 Å². The number of hydrogen-bond acceptors (Lipinski definition) is 4. The normalized spacial score (nSPS) is 11.4. The van der Waals surface area contributed by atoms with Gasteiger partial charge in [-0.1, -0.05) is 30.3 Å². The molecule has 1 N–H and O–H groups in total. The van der Waals surface area contributed by atoms with Crippen LogP contribution < -0.4 is 14.8 Å². The molecule has 154 valence electrons. The van der Waals surface area contributed by atoms with E-state index in [2.05, 4.69) is 22.5 Å². The number of benzene rings is 2. The molecule has 0 unspecified atom stereocenters. The van der Waals surface area contributed by atoms with E-state index < -0.39 is 12.8 Å². The molecule has 0 atom stereocenters. The van der Waals surface area contributed by atoms with Crippen molar-refractivity contribution in [1.29, 1.82) is 0 Å². The van der Waals surface area contributed by atoms with E-state index in [9.17, 15) is 13.2 Å². The van der Waals surface area contributed by atoms with E-state index in [4.69, 9.17) is 9.47 Å². The minimum Gasteiger partial charge on any atom is -0.493 e. The summed E-state index contributed by atoms with van der Waals surface area (Å²) in [7, 11) is 1.40. The molecule has 0 aliphatic rings. The van der Waals surface area contributed by atoms with E-state index in [1.54, 1.807) is 18.3 Å². The third-order valence-electron chi connectivity index (χ3n) is 4.27. The van der Waals surface area contributed by atoms with Crippen molar-refractivity contribution in [2.24, 2.45) is 0 Å². The quantitative estimate of drug-likeness (QED) is 0.581. The first-order valence-electron chi connectivity index (χ1n) is 9.06. The van der Waals surface area contributed by atoms with Crippen molar-refractivity contribution in [2.75, 3.05) is 13.7 Å². The van der Waals surface area contributed by atoms with E-state index in [1.165, 1.54) is 13.2 Å². The first-order valence-corrected chi connectivity index (χ1v) is 9.06.